The van der Waals surface area contributed by atoms with Crippen LogP contribution in [0.4, 0.5) is 0 Å². The van der Waals surface area contributed by atoms with Crippen molar-refractivity contribution in [1.29, 1.82) is 0 Å². The van der Waals surface area contributed by atoms with Crippen molar-refractivity contribution in [1.82, 2.24) is 5.32 Å². The molecular weight excluding hydrogens is 122 g/mol. The van der Waals surface area contributed by atoms with Crippen molar-refractivity contribution in [3.05, 3.63) is 24.3 Å². The normalized spacial score (nSPS) is 43.9. The summed E-state index contributed by atoms with van der Waals surface area (Å²) in [6.45, 7) is 3.43. The van der Waals surface area contributed by atoms with Crippen LogP contribution in [0.5, 0.6) is 0 Å². The molecule has 0 spiro atoms. The predicted molar refractivity (Wildman–Crippen MR) is 44.9 cm³/mol. The molecule has 1 nitrogen and oxygen atoms in total. The molecule has 0 bridgehead atoms. The summed E-state index contributed by atoms with van der Waals surface area (Å²) in [5, 5.41) is 3.50. The van der Waals surface area contributed by atoms with E-state index in [2.05, 4.69) is 36.5 Å². The van der Waals surface area contributed by atoms with Crippen LogP contribution in [-0.2, 0) is 0 Å². The van der Waals surface area contributed by atoms with Gasteiger partial charge in [-0.05, 0) is 25.8 Å². The monoisotopic (exact) mass is 137 g/mol. The van der Waals surface area contributed by atoms with Gasteiger partial charge in [0.25, 0.3) is 0 Å². The average Bonchev–Trinajstić information content (AvgIpc) is 2.29. The van der Waals surface area contributed by atoms with Crippen molar-refractivity contribution in [2.75, 3.05) is 6.54 Å². The largest absolute Gasteiger partial charge is 0.308 e. The highest BCUT2D eigenvalue weighted by molar-refractivity contribution is 5.25. The van der Waals surface area contributed by atoms with Gasteiger partial charge >= 0.3 is 0 Å². The second-order valence-corrected chi connectivity index (χ2v) is 3.35. The maximum Gasteiger partial charge on any atom is 0.0402 e. The van der Waals surface area contributed by atoms with E-state index in [1.807, 2.05) is 0 Å². The number of rotatable bonds is 0. The Morgan fingerprint density at radius 1 is 1.60 bits per heavy atom. The number of fused-ring (bicyclic) bond motifs is 1. The molecule has 0 aromatic heterocycles. The molecule has 1 heterocycles. The van der Waals surface area contributed by atoms with Crippen LogP contribution in [0.15, 0.2) is 24.3 Å². The van der Waals surface area contributed by atoms with Gasteiger partial charge in [-0.1, -0.05) is 24.3 Å². The van der Waals surface area contributed by atoms with Gasteiger partial charge in [-0.25, -0.2) is 0 Å². The summed E-state index contributed by atoms with van der Waals surface area (Å²) in [7, 11) is 0. The van der Waals surface area contributed by atoms with Gasteiger partial charge in [0.15, 0.2) is 0 Å². The fraction of sp³-hybridized carbons (Fsp3) is 0.556. The minimum Gasteiger partial charge on any atom is -0.308 e. The lowest BCUT2D eigenvalue weighted by atomic mass is 9.84. The third-order valence-electron chi connectivity index (χ3n) is 2.63. The molecule has 1 heteroatoms. The van der Waals surface area contributed by atoms with Crippen LogP contribution >= 0.6 is 0 Å². The number of nitrogens with one attached hydrogen (secondary N) is 1. The molecule has 1 N–H and O–H groups in total. The van der Waals surface area contributed by atoms with Crippen LogP contribution in [-0.4, -0.2) is 12.1 Å². The molecule has 0 saturated carbocycles. The van der Waals surface area contributed by atoms with Crippen molar-refractivity contribution in [3.63, 3.8) is 0 Å². The summed E-state index contributed by atoms with van der Waals surface area (Å²) < 4.78 is 0. The zero-order valence-electron chi connectivity index (χ0n) is 6.30. The van der Waals surface area contributed by atoms with E-state index in [0.717, 1.165) is 12.5 Å². The maximum absolute atomic E-state index is 3.50. The molecule has 2 unspecified atom stereocenters. The zero-order valence-corrected chi connectivity index (χ0v) is 6.30. The number of hydrogen-bond acceptors (Lipinski definition) is 1. The van der Waals surface area contributed by atoms with E-state index in [-0.39, 0.29) is 6.97 Å². The lowest BCUT2D eigenvalue weighted by Crippen LogP contribution is -2.39. The first-order valence-corrected chi connectivity index (χ1v) is 3.92. The second-order valence-electron chi connectivity index (χ2n) is 3.35. The summed E-state index contributed by atoms with van der Waals surface area (Å²) in [6, 6.07) is 0. The fourth-order valence-electron chi connectivity index (χ4n) is 1.86. The summed E-state index contributed by atoms with van der Waals surface area (Å²) in [5.41, 5.74) is 0.273. The van der Waals surface area contributed by atoms with Gasteiger partial charge < -0.3 is 5.32 Å². The lowest BCUT2D eigenvalue weighted by Gasteiger charge is -2.28. The molecule has 2 atom stereocenters. The third kappa shape index (κ3) is 0.739. The van der Waals surface area contributed by atoms with Gasteiger partial charge in [-0.15, -0.1) is 0 Å². The Hall–Kier alpha value is -0.560. The van der Waals surface area contributed by atoms with Gasteiger partial charge in [0, 0.05) is 6.97 Å². The Kier molecular flexibility index (Phi) is 1.21. The molecule has 0 aromatic rings. The van der Waals surface area contributed by atoms with Gasteiger partial charge in [-0.2, -0.15) is 0 Å². The first kappa shape index (κ1) is 6.17. The van der Waals surface area contributed by atoms with E-state index >= 15 is 0 Å². The molecule has 0 amide bonds. The smallest absolute Gasteiger partial charge is 0.0402 e. The van der Waals surface area contributed by atoms with Crippen molar-refractivity contribution in [2.24, 2.45) is 5.92 Å². The molecule has 2 rings (SSSR count). The van der Waals surface area contributed by atoms with E-state index < -0.39 is 0 Å². The molecule has 56 valence electrons. The number of allylic oxidation sites excluding steroid dienone is 2. The minimum absolute atomic E-state index is 0. The maximum atomic E-state index is 3.50. The first-order chi connectivity index (χ1) is 4.81. The van der Waals surface area contributed by atoms with Crippen LogP contribution < -0.4 is 5.32 Å². The molecule has 1 saturated heterocycles. The van der Waals surface area contributed by atoms with E-state index in [0.29, 0.717) is 0 Å². The van der Waals surface area contributed by atoms with Crippen LogP contribution in [0.1, 0.15) is 14.8 Å². The van der Waals surface area contributed by atoms with E-state index in [9.17, 15) is 0 Å². The molecule has 2 aliphatic rings. The van der Waals surface area contributed by atoms with Gasteiger partial charge in [0.05, 0.1) is 0 Å². The molecule has 1 fully saturated rings. The summed E-state index contributed by atoms with van der Waals surface area (Å²) in [4.78, 5) is 0. The Labute approximate surface area is 63.3 Å². The van der Waals surface area contributed by atoms with E-state index in [4.69, 9.17) is 0 Å². The lowest BCUT2D eigenvalue weighted by molar-refractivity contribution is 0.436. The molecule has 1 aliphatic carbocycles. The van der Waals surface area contributed by atoms with Gasteiger partial charge in [-0.3, -0.25) is 0 Å². The Bertz CT molecular complexity index is 198. The van der Waals surface area contributed by atoms with Crippen molar-refractivity contribution in [2.45, 2.75) is 18.9 Å². The standard InChI is InChI=1S/C9H13N.H2/c1-9-6-3-2-4-8(9)5-7-10-9;/h2-4,6,8,10H,5,7H2,1H3;1H. The number of hydrogen-bond donors (Lipinski definition) is 1. The van der Waals surface area contributed by atoms with Gasteiger partial charge in [0.1, 0.15) is 0 Å². The fourth-order valence-corrected chi connectivity index (χ4v) is 1.86. The van der Waals surface area contributed by atoms with Gasteiger partial charge in [0.2, 0.25) is 0 Å². The highest BCUT2D eigenvalue weighted by Gasteiger charge is 2.34. The molecular formula is C9H15N. The SMILES string of the molecule is CC12C=CC=CC1CCN2.[HH]. The average molecular weight is 137 g/mol. The van der Waals surface area contributed by atoms with Crippen LogP contribution in [0.2, 0.25) is 0 Å². The minimum atomic E-state index is 0. The summed E-state index contributed by atoms with van der Waals surface area (Å²) in [5.74, 6) is 0.734. The van der Waals surface area contributed by atoms with Crippen LogP contribution in [0.3, 0.4) is 0 Å². The molecule has 0 aromatic carbocycles. The van der Waals surface area contributed by atoms with E-state index in [1.54, 1.807) is 0 Å². The molecule has 0 radical (unpaired) electrons. The Balaban J connectivity index is 0.000000605. The Morgan fingerprint density at radius 2 is 2.50 bits per heavy atom. The van der Waals surface area contributed by atoms with Crippen molar-refractivity contribution >= 4 is 0 Å². The molecule has 10 heavy (non-hydrogen) atoms. The summed E-state index contributed by atoms with van der Waals surface area (Å²) in [6.07, 6.45) is 10.1. The van der Waals surface area contributed by atoms with Crippen molar-refractivity contribution in [3.8, 4) is 0 Å². The van der Waals surface area contributed by atoms with Crippen LogP contribution in [0, 0.1) is 5.92 Å². The first-order valence-electron chi connectivity index (χ1n) is 3.92. The second kappa shape index (κ2) is 1.96. The molecule has 1 aliphatic heterocycles. The van der Waals surface area contributed by atoms with E-state index in [1.165, 1.54) is 6.42 Å². The summed E-state index contributed by atoms with van der Waals surface area (Å²) >= 11 is 0. The quantitative estimate of drug-likeness (QED) is 0.536. The zero-order chi connectivity index (χ0) is 7.03. The third-order valence-corrected chi connectivity index (χ3v) is 2.63. The Morgan fingerprint density at radius 3 is 3.30 bits per heavy atom. The highest BCUT2D eigenvalue weighted by Crippen LogP contribution is 2.30. The van der Waals surface area contributed by atoms with Crippen LogP contribution in [0.25, 0.3) is 0 Å². The predicted octanol–water partition coefficient (Wildman–Crippen LogP) is 1.73. The van der Waals surface area contributed by atoms with Crippen molar-refractivity contribution < 1.29 is 1.43 Å². The highest BCUT2D eigenvalue weighted by atomic mass is 15.0. The topological polar surface area (TPSA) is 12.0 Å².